The van der Waals surface area contributed by atoms with E-state index < -0.39 is 6.36 Å². The van der Waals surface area contributed by atoms with Crippen molar-refractivity contribution >= 4 is 0 Å². The summed E-state index contributed by atoms with van der Waals surface area (Å²) in [6, 6.07) is 0. The van der Waals surface area contributed by atoms with E-state index in [1.54, 1.807) is 11.9 Å². The number of hydrogen-bond donors (Lipinski definition) is 0. The Balaban J connectivity index is -0.000000324. The van der Waals surface area contributed by atoms with Crippen LogP contribution < -0.4 is 0 Å². The molecular formula is C17H40F3N2O+. The molecule has 0 N–H and O–H groups in total. The average Bonchev–Trinajstić information content (AvgIpc) is 2.39. The van der Waals surface area contributed by atoms with Crippen molar-refractivity contribution in [1.29, 1.82) is 0 Å². The fraction of sp³-hybridized carbons (Fsp3) is 1.00. The molecule has 0 radical (unpaired) electrons. The zero-order valence-electron chi connectivity index (χ0n) is 16.6. The zero-order valence-corrected chi connectivity index (χ0v) is 16.6. The van der Waals surface area contributed by atoms with E-state index in [2.05, 4.69) is 32.8 Å². The summed E-state index contributed by atoms with van der Waals surface area (Å²) in [6.07, 6.45) is 0.533. The second-order valence-corrected chi connectivity index (χ2v) is 6.32. The van der Waals surface area contributed by atoms with Crippen molar-refractivity contribution in [3.8, 4) is 0 Å². The van der Waals surface area contributed by atoms with Gasteiger partial charge >= 0.3 is 6.36 Å². The van der Waals surface area contributed by atoms with Crippen molar-refractivity contribution in [2.24, 2.45) is 0 Å². The molecule has 0 saturated carbocycles. The minimum absolute atomic E-state index is 0.292. The Morgan fingerprint density at radius 1 is 0.913 bits per heavy atom. The van der Waals surface area contributed by atoms with Crippen LogP contribution in [0.2, 0.25) is 0 Å². The molecule has 0 aliphatic heterocycles. The topological polar surface area (TPSA) is 12.5 Å². The van der Waals surface area contributed by atoms with Gasteiger partial charge in [-0.1, -0.05) is 34.1 Å². The first-order valence-electron chi connectivity index (χ1n) is 8.71. The first-order valence-corrected chi connectivity index (χ1v) is 8.71. The number of unbranched alkanes of at least 4 members (excludes halogenated alkanes) is 2. The molecule has 0 aromatic carbocycles. The lowest BCUT2D eigenvalue weighted by atomic mass is 10.2. The maximum Gasteiger partial charge on any atom is 0.522 e. The Labute approximate surface area is 142 Å². The number of nitrogens with zero attached hydrogens (tertiary/aromatic N) is 2. The van der Waals surface area contributed by atoms with Crippen LogP contribution in [0.25, 0.3) is 0 Å². The van der Waals surface area contributed by atoms with Crippen LogP contribution in [-0.2, 0) is 4.74 Å². The van der Waals surface area contributed by atoms with E-state index in [9.17, 15) is 13.2 Å². The smallest absolute Gasteiger partial charge is 0.331 e. The van der Waals surface area contributed by atoms with Gasteiger partial charge in [0.15, 0.2) is 0 Å². The van der Waals surface area contributed by atoms with Gasteiger partial charge in [-0.25, -0.2) is 0 Å². The number of likely N-dealkylation sites (N-methyl/N-ethyl adjacent to an activating group) is 1. The molecule has 0 aliphatic carbocycles. The van der Waals surface area contributed by atoms with Gasteiger partial charge < -0.3 is 9.38 Å². The molecule has 0 saturated heterocycles. The number of halogens is 3. The Kier molecular flexibility index (Phi) is 19.8. The SMILES string of the molecule is CC.CCCCC[N+](C)(C)C.CCCN(C)CCOC(F)(F)F. The lowest BCUT2D eigenvalue weighted by Crippen LogP contribution is -2.35. The molecule has 0 aliphatic rings. The Hall–Kier alpha value is -0.330. The summed E-state index contributed by atoms with van der Waals surface area (Å²) >= 11 is 0. The van der Waals surface area contributed by atoms with Crippen molar-refractivity contribution in [2.45, 2.75) is 59.7 Å². The fourth-order valence-electron chi connectivity index (χ4n) is 1.65. The zero-order chi connectivity index (χ0) is 18.9. The van der Waals surface area contributed by atoms with Crippen LogP contribution in [0.15, 0.2) is 0 Å². The van der Waals surface area contributed by atoms with E-state index in [-0.39, 0.29) is 6.61 Å². The van der Waals surface area contributed by atoms with E-state index in [0.29, 0.717) is 6.54 Å². The van der Waals surface area contributed by atoms with Crippen molar-refractivity contribution in [1.82, 2.24) is 4.90 Å². The molecule has 0 atom stereocenters. The number of quaternary nitrogens is 1. The first-order chi connectivity index (χ1) is 10.5. The van der Waals surface area contributed by atoms with Gasteiger partial charge in [0.2, 0.25) is 0 Å². The Bertz CT molecular complexity index is 229. The Morgan fingerprint density at radius 3 is 1.78 bits per heavy atom. The number of ether oxygens (including phenoxy) is 1. The van der Waals surface area contributed by atoms with Gasteiger partial charge in [-0.2, -0.15) is 0 Å². The molecule has 0 aromatic rings. The van der Waals surface area contributed by atoms with Gasteiger partial charge in [0.1, 0.15) is 0 Å². The molecule has 144 valence electrons. The quantitative estimate of drug-likeness (QED) is 0.441. The Morgan fingerprint density at radius 2 is 1.43 bits per heavy atom. The first kappa shape index (κ1) is 27.5. The van der Waals surface area contributed by atoms with Crippen LogP contribution in [-0.4, -0.2) is 70.2 Å². The summed E-state index contributed by atoms with van der Waals surface area (Å²) in [5, 5.41) is 0. The second kappa shape index (κ2) is 16.5. The maximum atomic E-state index is 11.5. The van der Waals surface area contributed by atoms with Gasteiger partial charge in [0.25, 0.3) is 0 Å². The third kappa shape index (κ3) is 34.1. The van der Waals surface area contributed by atoms with Gasteiger partial charge in [0.05, 0.1) is 34.3 Å². The van der Waals surface area contributed by atoms with E-state index in [1.807, 2.05) is 20.8 Å². The highest BCUT2D eigenvalue weighted by Crippen LogP contribution is 2.15. The summed E-state index contributed by atoms with van der Waals surface area (Å²) in [7, 11) is 8.50. The normalized spacial score (nSPS) is 11.5. The molecule has 0 bridgehead atoms. The molecule has 0 amide bonds. The summed E-state index contributed by atoms with van der Waals surface area (Å²) < 4.78 is 39.1. The second-order valence-electron chi connectivity index (χ2n) is 6.32. The summed E-state index contributed by atoms with van der Waals surface area (Å²) in [6.45, 7) is 10.3. The average molecular weight is 346 g/mol. The van der Waals surface area contributed by atoms with Gasteiger partial charge in [-0.15, -0.1) is 13.2 Å². The lowest BCUT2D eigenvalue weighted by molar-refractivity contribution is -0.870. The van der Waals surface area contributed by atoms with Crippen molar-refractivity contribution in [3.63, 3.8) is 0 Å². The van der Waals surface area contributed by atoms with Crippen molar-refractivity contribution in [2.75, 3.05) is 54.4 Å². The molecule has 0 unspecified atom stereocenters. The molecule has 0 fully saturated rings. The highest BCUT2D eigenvalue weighted by atomic mass is 19.4. The lowest BCUT2D eigenvalue weighted by Gasteiger charge is -2.23. The van der Waals surface area contributed by atoms with Crippen LogP contribution >= 0.6 is 0 Å². The van der Waals surface area contributed by atoms with Gasteiger partial charge in [-0.3, -0.25) is 4.74 Å². The molecule has 0 heterocycles. The summed E-state index contributed by atoms with van der Waals surface area (Å²) in [5.41, 5.74) is 0. The van der Waals surface area contributed by atoms with Crippen LogP contribution in [0.4, 0.5) is 13.2 Å². The molecule has 0 aromatic heterocycles. The largest absolute Gasteiger partial charge is 0.522 e. The van der Waals surface area contributed by atoms with Gasteiger partial charge in [-0.05, 0) is 32.9 Å². The third-order valence-electron chi connectivity index (χ3n) is 2.78. The minimum Gasteiger partial charge on any atom is -0.331 e. The van der Waals surface area contributed by atoms with Crippen molar-refractivity contribution in [3.05, 3.63) is 0 Å². The molecule has 0 spiro atoms. The number of rotatable bonds is 9. The third-order valence-corrected chi connectivity index (χ3v) is 2.78. The number of alkyl halides is 3. The predicted octanol–water partition coefficient (Wildman–Crippen LogP) is 4.77. The van der Waals surface area contributed by atoms with Crippen LogP contribution in [0, 0.1) is 0 Å². The standard InChI is InChI=1S/C8H20N.C7H14F3NO.C2H6/c1-5-6-7-8-9(2,3)4;1-3-4-11(2)5-6-12-7(8,9)10;1-2/h5-8H2,1-4H3;3-6H2,1-2H3;1-2H3/q+1;;. The molecule has 23 heavy (non-hydrogen) atoms. The molecular weight excluding hydrogens is 305 g/mol. The van der Waals surface area contributed by atoms with Gasteiger partial charge in [0, 0.05) is 6.54 Å². The van der Waals surface area contributed by atoms with Crippen LogP contribution in [0.3, 0.4) is 0 Å². The highest BCUT2D eigenvalue weighted by Gasteiger charge is 2.28. The van der Waals surface area contributed by atoms with E-state index in [0.717, 1.165) is 17.4 Å². The van der Waals surface area contributed by atoms with E-state index in [4.69, 9.17) is 0 Å². The van der Waals surface area contributed by atoms with E-state index >= 15 is 0 Å². The summed E-state index contributed by atoms with van der Waals surface area (Å²) in [5.74, 6) is 0. The minimum atomic E-state index is -4.49. The highest BCUT2D eigenvalue weighted by molar-refractivity contribution is 4.48. The van der Waals surface area contributed by atoms with Crippen molar-refractivity contribution < 1.29 is 22.4 Å². The number of hydrogen-bond acceptors (Lipinski definition) is 2. The molecule has 6 heteroatoms. The monoisotopic (exact) mass is 345 g/mol. The fourth-order valence-corrected chi connectivity index (χ4v) is 1.65. The summed E-state index contributed by atoms with van der Waals surface area (Å²) in [4.78, 5) is 1.80. The van der Waals surface area contributed by atoms with Crippen LogP contribution in [0.1, 0.15) is 53.4 Å². The van der Waals surface area contributed by atoms with E-state index in [1.165, 1.54) is 25.8 Å². The molecule has 0 rings (SSSR count). The molecule has 3 nitrogen and oxygen atoms in total. The maximum absolute atomic E-state index is 11.5. The predicted molar refractivity (Wildman–Crippen MR) is 93.6 cm³/mol. The van der Waals surface area contributed by atoms with Crippen LogP contribution in [0.5, 0.6) is 0 Å².